The molecule has 1 N–H and O–H groups in total. The van der Waals surface area contributed by atoms with Crippen molar-refractivity contribution >= 4 is 57.7 Å². The predicted octanol–water partition coefficient (Wildman–Crippen LogP) is 5.17. The van der Waals surface area contributed by atoms with Crippen molar-refractivity contribution in [2.75, 3.05) is 11.1 Å². The van der Waals surface area contributed by atoms with Crippen LogP contribution in [0.1, 0.15) is 5.56 Å². The molecule has 0 unspecified atom stereocenters. The molecule has 3 aromatic rings. The minimum Gasteiger partial charge on any atom is -0.431 e. The number of benzene rings is 2. The number of carbonyl (C=O) groups is 1. The Hall–Kier alpha value is -1.69. The lowest BCUT2D eigenvalue weighted by Crippen LogP contribution is -2.14. The second kappa shape index (κ2) is 6.83. The highest BCUT2D eigenvalue weighted by molar-refractivity contribution is 7.99. The van der Waals surface area contributed by atoms with Gasteiger partial charge in [-0.2, -0.15) is 0 Å². The number of halogens is 2. The Morgan fingerprint density at radius 2 is 1.96 bits per heavy atom. The monoisotopic (exact) mass is 366 g/mol. The molecule has 1 heterocycles. The van der Waals surface area contributed by atoms with Crippen molar-refractivity contribution in [3.05, 3.63) is 52.0 Å². The minimum absolute atomic E-state index is 0.152. The van der Waals surface area contributed by atoms with E-state index in [2.05, 4.69) is 10.3 Å². The Morgan fingerprint density at radius 1 is 1.22 bits per heavy atom. The summed E-state index contributed by atoms with van der Waals surface area (Å²) in [4.78, 5) is 16.4. The van der Waals surface area contributed by atoms with Gasteiger partial charge in [0.25, 0.3) is 5.22 Å². The third kappa shape index (κ3) is 3.99. The minimum atomic E-state index is -0.152. The van der Waals surface area contributed by atoms with Crippen molar-refractivity contribution < 1.29 is 9.21 Å². The average Bonchev–Trinajstić information content (AvgIpc) is 2.91. The number of thioether (sulfide) groups is 1. The summed E-state index contributed by atoms with van der Waals surface area (Å²) in [6.07, 6.45) is 0. The van der Waals surface area contributed by atoms with Gasteiger partial charge in [-0.3, -0.25) is 4.79 Å². The molecule has 7 heteroatoms. The summed E-state index contributed by atoms with van der Waals surface area (Å²) in [5, 5.41) is 4.42. The molecule has 0 bridgehead atoms. The number of nitrogens with zero attached hydrogens (tertiary/aromatic N) is 1. The van der Waals surface area contributed by atoms with Gasteiger partial charge < -0.3 is 9.73 Å². The molecular formula is C16H12Cl2N2O2S. The van der Waals surface area contributed by atoms with Crippen LogP contribution in [0.2, 0.25) is 10.0 Å². The molecule has 0 fully saturated rings. The first kappa shape index (κ1) is 16.2. The Labute approximate surface area is 147 Å². The molecule has 0 saturated carbocycles. The number of carbonyl (C=O) groups excluding carboxylic acids is 1. The van der Waals surface area contributed by atoms with Gasteiger partial charge in [0.2, 0.25) is 5.91 Å². The maximum Gasteiger partial charge on any atom is 0.257 e. The van der Waals surface area contributed by atoms with Crippen LogP contribution in [0.4, 0.5) is 5.69 Å². The van der Waals surface area contributed by atoms with Crippen LogP contribution >= 0.6 is 35.0 Å². The van der Waals surface area contributed by atoms with Crippen molar-refractivity contribution in [1.82, 2.24) is 4.98 Å². The Kier molecular flexibility index (Phi) is 4.80. The predicted molar refractivity (Wildman–Crippen MR) is 94.6 cm³/mol. The maximum absolute atomic E-state index is 12.1. The van der Waals surface area contributed by atoms with Gasteiger partial charge in [0.15, 0.2) is 5.58 Å². The molecule has 0 spiro atoms. The summed E-state index contributed by atoms with van der Waals surface area (Å²) >= 11 is 13.1. The molecule has 0 aliphatic rings. The zero-order chi connectivity index (χ0) is 16.4. The van der Waals surface area contributed by atoms with Crippen molar-refractivity contribution in [1.29, 1.82) is 0 Å². The van der Waals surface area contributed by atoms with Gasteiger partial charge in [0.1, 0.15) is 5.52 Å². The lowest BCUT2D eigenvalue weighted by molar-refractivity contribution is -0.113. The zero-order valence-corrected chi connectivity index (χ0v) is 14.4. The van der Waals surface area contributed by atoms with Gasteiger partial charge in [0, 0.05) is 21.8 Å². The summed E-state index contributed by atoms with van der Waals surface area (Å²) in [7, 11) is 0. The van der Waals surface area contributed by atoms with E-state index < -0.39 is 0 Å². The lowest BCUT2D eigenvalue weighted by atomic mass is 10.2. The fourth-order valence-corrected chi connectivity index (χ4v) is 2.95. The van der Waals surface area contributed by atoms with E-state index >= 15 is 0 Å². The topological polar surface area (TPSA) is 55.1 Å². The van der Waals surface area contributed by atoms with Crippen LogP contribution in [0.5, 0.6) is 0 Å². The van der Waals surface area contributed by atoms with Crippen molar-refractivity contribution in [3.63, 3.8) is 0 Å². The molecule has 2 aromatic carbocycles. The summed E-state index contributed by atoms with van der Waals surface area (Å²) < 4.78 is 5.56. The summed E-state index contributed by atoms with van der Waals surface area (Å²) in [6.45, 7) is 1.91. The first-order valence-corrected chi connectivity index (χ1v) is 8.50. The number of hydrogen-bond donors (Lipinski definition) is 1. The van der Waals surface area contributed by atoms with E-state index in [0.717, 1.165) is 5.56 Å². The molecule has 0 aliphatic heterocycles. The van der Waals surface area contributed by atoms with Crippen molar-refractivity contribution in [3.8, 4) is 0 Å². The lowest BCUT2D eigenvalue weighted by Gasteiger charge is -2.07. The second-order valence-corrected chi connectivity index (χ2v) is 6.69. The van der Waals surface area contributed by atoms with Crippen molar-refractivity contribution in [2.45, 2.75) is 12.1 Å². The smallest absolute Gasteiger partial charge is 0.257 e. The fourth-order valence-electron chi connectivity index (χ4n) is 1.98. The Bertz CT molecular complexity index is 880. The standard InChI is InChI=1S/C16H12Cl2N2O2S/c1-9-2-3-10(17)6-13(9)19-15(21)8-23-16-20-12-5-4-11(18)7-14(12)22-16/h2-7H,8H2,1H3,(H,19,21). The summed E-state index contributed by atoms with van der Waals surface area (Å²) in [6, 6.07) is 10.6. The van der Waals surface area contributed by atoms with Gasteiger partial charge in [-0.05, 0) is 36.8 Å². The number of nitrogens with one attached hydrogen (secondary N) is 1. The highest BCUT2D eigenvalue weighted by Crippen LogP contribution is 2.26. The summed E-state index contributed by atoms with van der Waals surface area (Å²) in [5.74, 6) is 0.0348. The first-order chi connectivity index (χ1) is 11.0. The molecular weight excluding hydrogens is 355 g/mol. The van der Waals surface area contributed by atoms with Gasteiger partial charge in [-0.1, -0.05) is 41.0 Å². The van der Waals surface area contributed by atoms with E-state index in [9.17, 15) is 4.79 Å². The van der Waals surface area contributed by atoms with Crippen LogP contribution < -0.4 is 5.32 Å². The Balaban J connectivity index is 1.64. The number of oxazole rings is 1. The van der Waals surface area contributed by atoms with Gasteiger partial charge in [0.05, 0.1) is 5.75 Å². The third-order valence-electron chi connectivity index (χ3n) is 3.13. The van der Waals surface area contributed by atoms with Crippen LogP contribution in [0, 0.1) is 6.92 Å². The average molecular weight is 367 g/mol. The van der Waals surface area contributed by atoms with Crippen LogP contribution in [0.15, 0.2) is 46.0 Å². The number of aryl methyl sites for hydroxylation is 1. The number of anilines is 1. The van der Waals surface area contributed by atoms with E-state index in [-0.39, 0.29) is 11.7 Å². The quantitative estimate of drug-likeness (QED) is 0.646. The Morgan fingerprint density at radius 3 is 2.78 bits per heavy atom. The largest absolute Gasteiger partial charge is 0.431 e. The maximum atomic E-state index is 12.1. The van der Waals surface area contributed by atoms with Crippen LogP contribution in [-0.2, 0) is 4.79 Å². The number of aromatic nitrogens is 1. The van der Waals surface area contributed by atoms with E-state index in [4.69, 9.17) is 27.6 Å². The number of rotatable bonds is 4. The molecule has 1 aromatic heterocycles. The summed E-state index contributed by atoms with van der Waals surface area (Å²) in [5.41, 5.74) is 2.96. The van der Waals surface area contributed by atoms with Crippen LogP contribution in [-0.4, -0.2) is 16.6 Å². The highest BCUT2D eigenvalue weighted by atomic mass is 35.5. The van der Waals surface area contributed by atoms with E-state index in [1.807, 2.05) is 13.0 Å². The normalized spacial score (nSPS) is 10.9. The molecule has 1 amide bonds. The van der Waals surface area contributed by atoms with Gasteiger partial charge in [-0.25, -0.2) is 4.98 Å². The molecule has 0 saturated heterocycles. The van der Waals surface area contributed by atoms with Crippen LogP contribution in [0.25, 0.3) is 11.1 Å². The van der Waals surface area contributed by atoms with Crippen molar-refractivity contribution in [2.24, 2.45) is 0 Å². The molecule has 23 heavy (non-hydrogen) atoms. The first-order valence-electron chi connectivity index (χ1n) is 6.76. The number of amides is 1. The highest BCUT2D eigenvalue weighted by Gasteiger charge is 2.11. The van der Waals surface area contributed by atoms with E-state index in [1.165, 1.54) is 11.8 Å². The number of fused-ring (bicyclic) bond motifs is 1. The molecule has 0 atom stereocenters. The van der Waals surface area contributed by atoms with Crippen LogP contribution in [0.3, 0.4) is 0 Å². The van der Waals surface area contributed by atoms with E-state index in [1.54, 1.807) is 30.3 Å². The SMILES string of the molecule is Cc1ccc(Cl)cc1NC(=O)CSc1nc2ccc(Cl)cc2o1. The molecule has 0 radical (unpaired) electrons. The zero-order valence-electron chi connectivity index (χ0n) is 12.1. The van der Waals surface area contributed by atoms with Gasteiger partial charge >= 0.3 is 0 Å². The molecule has 118 valence electrons. The molecule has 0 aliphatic carbocycles. The third-order valence-corrected chi connectivity index (χ3v) is 4.43. The van der Waals surface area contributed by atoms with E-state index in [0.29, 0.717) is 32.1 Å². The molecule has 4 nitrogen and oxygen atoms in total. The fraction of sp³-hybridized carbons (Fsp3) is 0.125. The second-order valence-electron chi connectivity index (χ2n) is 4.89. The number of hydrogen-bond acceptors (Lipinski definition) is 4. The molecule has 3 rings (SSSR count). The van der Waals surface area contributed by atoms with Gasteiger partial charge in [-0.15, -0.1) is 0 Å².